The summed E-state index contributed by atoms with van der Waals surface area (Å²) in [4.78, 5) is 11.6. The molecule has 0 radical (unpaired) electrons. The lowest BCUT2D eigenvalue weighted by molar-refractivity contribution is -0.141. The van der Waals surface area contributed by atoms with Crippen LogP contribution in [-0.4, -0.2) is 21.3 Å². The van der Waals surface area contributed by atoms with Gasteiger partial charge in [-0.2, -0.15) is 18.3 Å². The van der Waals surface area contributed by atoms with Crippen molar-refractivity contribution in [2.75, 3.05) is 5.32 Å². The van der Waals surface area contributed by atoms with Crippen molar-refractivity contribution in [3.8, 4) is 0 Å². The Labute approximate surface area is 127 Å². The minimum Gasteiger partial charge on any atom is -0.392 e. The van der Waals surface area contributed by atoms with E-state index in [1.807, 2.05) is 0 Å². The van der Waals surface area contributed by atoms with E-state index < -0.39 is 30.3 Å². The molecule has 0 bridgehead atoms. The van der Waals surface area contributed by atoms with Crippen molar-refractivity contribution >= 4 is 11.7 Å². The van der Waals surface area contributed by atoms with E-state index in [1.165, 1.54) is 12.1 Å². The molecule has 4 N–H and O–H groups in total. The van der Waals surface area contributed by atoms with Gasteiger partial charge < -0.3 is 15.7 Å². The molecule has 6 nitrogen and oxygen atoms in total. The number of aromatic nitrogens is 2. The van der Waals surface area contributed by atoms with Gasteiger partial charge in [0.1, 0.15) is 5.82 Å². The fraction of sp³-hybridized carbons (Fsp3) is 0.231. The number of H-pyrrole nitrogens is 1. The van der Waals surface area contributed by atoms with E-state index in [4.69, 9.17) is 5.11 Å². The number of hydrogen-bond acceptors (Lipinski definition) is 3. The second kappa shape index (κ2) is 6.65. The summed E-state index contributed by atoms with van der Waals surface area (Å²) in [6.45, 7) is -0.689. The molecule has 124 valence electrons. The maximum absolute atomic E-state index is 13.4. The molecule has 0 fully saturated rings. The van der Waals surface area contributed by atoms with Crippen LogP contribution >= 0.6 is 0 Å². The molecule has 1 aromatic heterocycles. The number of halogens is 4. The summed E-state index contributed by atoms with van der Waals surface area (Å²) in [5.41, 5.74) is -0.809. The summed E-state index contributed by atoms with van der Waals surface area (Å²) in [6.07, 6.45) is -4.57. The van der Waals surface area contributed by atoms with Crippen molar-refractivity contribution in [2.24, 2.45) is 0 Å². The molecule has 0 unspecified atom stereocenters. The van der Waals surface area contributed by atoms with Gasteiger partial charge in [0, 0.05) is 11.3 Å². The third kappa shape index (κ3) is 4.42. The number of carbonyl (C=O) groups is 1. The van der Waals surface area contributed by atoms with Gasteiger partial charge in [-0.25, -0.2) is 9.18 Å². The number of carbonyl (C=O) groups excluding carboxylic acids is 1. The van der Waals surface area contributed by atoms with E-state index >= 15 is 0 Å². The highest BCUT2D eigenvalue weighted by molar-refractivity contribution is 5.89. The molecular weight excluding hydrogens is 320 g/mol. The highest BCUT2D eigenvalue weighted by atomic mass is 19.4. The molecule has 2 aromatic rings. The number of anilines is 1. The van der Waals surface area contributed by atoms with Crippen LogP contribution in [0.3, 0.4) is 0 Å². The molecule has 0 saturated heterocycles. The van der Waals surface area contributed by atoms with Gasteiger partial charge in [-0.15, -0.1) is 0 Å². The van der Waals surface area contributed by atoms with Crippen molar-refractivity contribution in [1.29, 1.82) is 0 Å². The SMILES string of the molecule is O=C(NCc1cc(C(F)(F)F)n[nH]1)Nc1ccc(CO)c(F)c1. The topological polar surface area (TPSA) is 90.0 Å². The molecule has 2 amide bonds. The van der Waals surface area contributed by atoms with Crippen molar-refractivity contribution < 1.29 is 27.5 Å². The number of rotatable bonds is 4. The molecule has 0 aliphatic rings. The Morgan fingerprint density at radius 3 is 2.61 bits per heavy atom. The van der Waals surface area contributed by atoms with E-state index in [-0.39, 0.29) is 23.5 Å². The summed E-state index contributed by atoms with van der Waals surface area (Å²) in [5.74, 6) is -0.686. The van der Waals surface area contributed by atoms with E-state index in [9.17, 15) is 22.4 Å². The predicted octanol–water partition coefficient (Wildman–Crippen LogP) is 2.38. The van der Waals surface area contributed by atoms with Crippen LogP contribution in [0.4, 0.5) is 28.0 Å². The third-order valence-corrected chi connectivity index (χ3v) is 2.84. The molecule has 0 aliphatic heterocycles. The number of aliphatic hydroxyl groups excluding tert-OH is 1. The van der Waals surface area contributed by atoms with Crippen LogP contribution < -0.4 is 10.6 Å². The standard InChI is InChI=1S/C13H12F4N4O2/c14-10-3-8(2-1-7(10)6-22)19-12(23)18-5-9-4-11(21-20-9)13(15,16)17/h1-4,22H,5-6H2,(H,20,21)(H2,18,19,23). The molecular formula is C13H12F4N4O2. The largest absolute Gasteiger partial charge is 0.435 e. The lowest BCUT2D eigenvalue weighted by Gasteiger charge is -2.08. The number of aliphatic hydroxyl groups is 1. The summed E-state index contributed by atoms with van der Waals surface area (Å²) in [5, 5.41) is 18.7. The molecule has 0 aliphatic carbocycles. The summed E-state index contributed by atoms with van der Waals surface area (Å²) in [6, 6.07) is 3.74. The average molecular weight is 332 g/mol. The summed E-state index contributed by atoms with van der Waals surface area (Å²) in [7, 11) is 0. The van der Waals surface area contributed by atoms with Crippen LogP contribution in [-0.2, 0) is 19.3 Å². The zero-order valence-corrected chi connectivity index (χ0v) is 11.5. The molecule has 0 spiro atoms. The van der Waals surface area contributed by atoms with Crippen LogP contribution in [0.2, 0.25) is 0 Å². The highest BCUT2D eigenvalue weighted by Crippen LogP contribution is 2.27. The van der Waals surface area contributed by atoms with Gasteiger partial charge in [0.25, 0.3) is 0 Å². The Balaban J connectivity index is 1.90. The van der Waals surface area contributed by atoms with Gasteiger partial charge in [-0.1, -0.05) is 6.07 Å². The normalized spacial score (nSPS) is 11.3. The van der Waals surface area contributed by atoms with Crippen molar-refractivity contribution in [3.63, 3.8) is 0 Å². The van der Waals surface area contributed by atoms with Crippen LogP contribution in [0, 0.1) is 5.82 Å². The molecule has 0 atom stereocenters. The second-order valence-electron chi connectivity index (χ2n) is 4.55. The van der Waals surface area contributed by atoms with Crippen molar-refractivity contribution in [2.45, 2.75) is 19.3 Å². The van der Waals surface area contributed by atoms with Gasteiger partial charge >= 0.3 is 12.2 Å². The number of aromatic amines is 1. The first-order chi connectivity index (χ1) is 10.8. The number of nitrogens with zero attached hydrogens (tertiary/aromatic N) is 1. The first kappa shape index (κ1) is 16.7. The monoisotopic (exact) mass is 332 g/mol. The van der Waals surface area contributed by atoms with Crippen molar-refractivity contribution in [1.82, 2.24) is 15.5 Å². The van der Waals surface area contributed by atoms with Gasteiger partial charge in [-0.3, -0.25) is 5.10 Å². The van der Waals surface area contributed by atoms with Gasteiger partial charge in [0.05, 0.1) is 18.8 Å². The number of alkyl halides is 3. The molecule has 23 heavy (non-hydrogen) atoms. The Morgan fingerprint density at radius 1 is 1.30 bits per heavy atom. The number of amides is 2. The maximum atomic E-state index is 13.4. The molecule has 2 rings (SSSR count). The van der Waals surface area contributed by atoms with Gasteiger partial charge in [0.2, 0.25) is 0 Å². The van der Waals surface area contributed by atoms with E-state index in [0.29, 0.717) is 0 Å². The smallest absolute Gasteiger partial charge is 0.392 e. The van der Waals surface area contributed by atoms with Crippen LogP contribution in [0.25, 0.3) is 0 Å². The Hall–Kier alpha value is -2.62. The fourth-order valence-corrected chi connectivity index (χ4v) is 1.70. The lowest BCUT2D eigenvalue weighted by atomic mass is 10.2. The quantitative estimate of drug-likeness (QED) is 0.648. The van der Waals surface area contributed by atoms with Gasteiger partial charge in [-0.05, 0) is 18.2 Å². The van der Waals surface area contributed by atoms with Crippen LogP contribution in [0.15, 0.2) is 24.3 Å². The number of nitrogens with one attached hydrogen (secondary N) is 3. The minimum absolute atomic E-state index is 0.0642. The number of urea groups is 1. The zero-order valence-electron chi connectivity index (χ0n) is 11.5. The first-order valence-corrected chi connectivity index (χ1v) is 6.35. The van der Waals surface area contributed by atoms with Crippen LogP contribution in [0.1, 0.15) is 17.0 Å². The van der Waals surface area contributed by atoms with Crippen LogP contribution in [0.5, 0.6) is 0 Å². The molecule has 1 aromatic carbocycles. The van der Waals surface area contributed by atoms with E-state index in [2.05, 4.69) is 20.8 Å². The summed E-state index contributed by atoms with van der Waals surface area (Å²) < 4.78 is 50.5. The van der Waals surface area contributed by atoms with E-state index in [0.717, 1.165) is 12.1 Å². The van der Waals surface area contributed by atoms with Crippen molar-refractivity contribution in [3.05, 3.63) is 47.0 Å². The highest BCUT2D eigenvalue weighted by Gasteiger charge is 2.33. The molecule has 1 heterocycles. The lowest BCUT2D eigenvalue weighted by Crippen LogP contribution is -2.28. The Kier molecular flexibility index (Phi) is 4.84. The summed E-state index contributed by atoms with van der Waals surface area (Å²) >= 11 is 0. The molecule has 0 saturated carbocycles. The minimum atomic E-state index is -4.57. The number of hydrogen-bond donors (Lipinski definition) is 4. The fourth-order valence-electron chi connectivity index (χ4n) is 1.70. The van der Waals surface area contributed by atoms with Gasteiger partial charge in [0.15, 0.2) is 5.69 Å². The maximum Gasteiger partial charge on any atom is 0.435 e. The Bertz CT molecular complexity index is 700. The van der Waals surface area contributed by atoms with E-state index in [1.54, 1.807) is 0 Å². The Morgan fingerprint density at radius 2 is 2.04 bits per heavy atom. The molecule has 10 heteroatoms. The third-order valence-electron chi connectivity index (χ3n) is 2.84. The predicted molar refractivity (Wildman–Crippen MR) is 71.8 cm³/mol. The second-order valence-corrected chi connectivity index (χ2v) is 4.55. The number of benzene rings is 1. The zero-order chi connectivity index (χ0) is 17.0. The average Bonchev–Trinajstić information content (AvgIpc) is 2.94. The first-order valence-electron chi connectivity index (χ1n) is 6.35.